The van der Waals surface area contributed by atoms with E-state index >= 15 is 0 Å². The summed E-state index contributed by atoms with van der Waals surface area (Å²) in [6.45, 7) is 1.10. The SMILES string of the molecule is O=C(NCCc1cccnc1)C1CC(O)CN1. The van der Waals surface area contributed by atoms with Crippen molar-refractivity contribution in [1.82, 2.24) is 15.6 Å². The number of pyridine rings is 1. The van der Waals surface area contributed by atoms with Gasteiger partial charge in [-0.15, -0.1) is 0 Å². The molecule has 1 saturated heterocycles. The first-order chi connectivity index (χ1) is 8.25. The van der Waals surface area contributed by atoms with E-state index in [1.54, 1.807) is 12.4 Å². The van der Waals surface area contributed by atoms with E-state index < -0.39 is 6.10 Å². The van der Waals surface area contributed by atoms with Gasteiger partial charge in [0.05, 0.1) is 12.1 Å². The highest BCUT2D eigenvalue weighted by molar-refractivity contribution is 5.82. The maximum absolute atomic E-state index is 11.7. The van der Waals surface area contributed by atoms with Gasteiger partial charge in [-0.25, -0.2) is 0 Å². The molecule has 17 heavy (non-hydrogen) atoms. The lowest BCUT2D eigenvalue weighted by Crippen LogP contribution is -2.41. The minimum Gasteiger partial charge on any atom is -0.392 e. The molecule has 0 spiro atoms. The lowest BCUT2D eigenvalue weighted by Gasteiger charge is -2.10. The van der Waals surface area contributed by atoms with Gasteiger partial charge in [0.2, 0.25) is 5.91 Å². The zero-order chi connectivity index (χ0) is 12.1. The van der Waals surface area contributed by atoms with Crippen LogP contribution in [0.4, 0.5) is 0 Å². The van der Waals surface area contributed by atoms with Gasteiger partial charge in [0.1, 0.15) is 0 Å². The summed E-state index contributed by atoms with van der Waals surface area (Å²) in [4.78, 5) is 15.7. The van der Waals surface area contributed by atoms with Crippen LogP contribution in [0.3, 0.4) is 0 Å². The topological polar surface area (TPSA) is 74.2 Å². The van der Waals surface area contributed by atoms with E-state index in [0.29, 0.717) is 19.5 Å². The molecule has 1 aromatic rings. The highest BCUT2D eigenvalue weighted by Crippen LogP contribution is 2.06. The summed E-state index contributed by atoms with van der Waals surface area (Å²) in [5.41, 5.74) is 1.10. The molecule has 1 aliphatic heterocycles. The second-order valence-corrected chi connectivity index (χ2v) is 4.25. The Hall–Kier alpha value is -1.46. The average molecular weight is 235 g/mol. The van der Waals surface area contributed by atoms with Crippen LogP contribution >= 0.6 is 0 Å². The van der Waals surface area contributed by atoms with Gasteiger partial charge in [-0.3, -0.25) is 9.78 Å². The molecule has 0 aliphatic carbocycles. The molecule has 2 rings (SSSR count). The van der Waals surface area contributed by atoms with Crippen molar-refractivity contribution in [1.29, 1.82) is 0 Å². The van der Waals surface area contributed by atoms with Crippen LogP contribution < -0.4 is 10.6 Å². The molecule has 5 heteroatoms. The van der Waals surface area contributed by atoms with Crippen molar-refractivity contribution < 1.29 is 9.90 Å². The molecule has 1 aliphatic rings. The molecule has 2 heterocycles. The summed E-state index contributed by atoms with van der Waals surface area (Å²) >= 11 is 0. The van der Waals surface area contributed by atoms with E-state index in [1.807, 2.05) is 12.1 Å². The number of aliphatic hydroxyl groups excluding tert-OH is 1. The van der Waals surface area contributed by atoms with Gasteiger partial charge in [-0.1, -0.05) is 6.07 Å². The smallest absolute Gasteiger partial charge is 0.237 e. The fraction of sp³-hybridized carbons (Fsp3) is 0.500. The summed E-state index contributed by atoms with van der Waals surface area (Å²) in [6.07, 6.45) is 4.40. The van der Waals surface area contributed by atoms with Gasteiger partial charge in [0, 0.05) is 25.5 Å². The zero-order valence-corrected chi connectivity index (χ0v) is 9.60. The molecule has 5 nitrogen and oxygen atoms in total. The first-order valence-corrected chi connectivity index (χ1v) is 5.84. The fourth-order valence-corrected chi connectivity index (χ4v) is 1.92. The van der Waals surface area contributed by atoms with Crippen LogP contribution in [0.1, 0.15) is 12.0 Å². The Morgan fingerprint density at radius 3 is 3.18 bits per heavy atom. The predicted octanol–water partition coefficient (Wildman–Crippen LogP) is -0.537. The molecule has 1 amide bonds. The second kappa shape index (κ2) is 5.75. The monoisotopic (exact) mass is 235 g/mol. The normalized spacial score (nSPS) is 23.6. The number of carbonyl (C=O) groups is 1. The largest absolute Gasteiger partial charge is 0.392 e. The lowest BCUT2D eigenvalue weighted by atomic mass is 10.2. The number of amides is 1. The standard InChI is InChI=1S/C12H17N3O2/c16-10-6-11(15-8-10)12(17)14-5-3-9-2-1-4-13-7-9/h1-2,4,7,10-11,15-16H,3,5-6,8H2,(H,14,17). The quantitative estimate of drug-likeness (QED) is 0.655. The van der Waals surface area contributed by atoms with Crippen LogP contribution in [-0.4, -0.2) is 41.2 Å². The van der Waals surface area contributed by atoms with Crippen LogP contribution in [-0.2, 0) is 11.2 Å². The van der Waals surface area contributed by atoms with Gasteiger partial charge < -0.3 is 15.7 Å². The van der Waals surface area contributed by atoms with Crippen molar-refractivity contribution in [3.8, 4) is 0 Å². The van der Waals surface area contributed by atoms with E-state index in [0.717, 1.165) is 12.0 Å². The molecule has 1 aromatic heterocycles. The predicted molar refractivity (Wildman–Crippen MR) is 63.4 cm³/mol. The van der Waals surface area contributed by atoms with Crippen molar-refractivity contribution in [3.63, 3.8) is 0 Å². The van der Waals surface area contributed by atoms with Gasteiger partial charge in [0.15, 0.2) is 0 Å². The molecule has 1 fully saturated rings. The number of aromatic nitrogens is 1. The van der Waals surface area contributed by atoms with Crippen molar-refractivity contribution in [3.05, 3.63) is 30.1 Å². The Labute approximate surface area is 100 Å². The molecular formula is C12H17N3O2. The maximum atomic E-state index is 11.7. The van der Waals surface area contributed by atoms with E-state index in [2.05, 4.69) is 15.6 Å². The van der Waals surface area contributed by atoms with Crippen molar-refractivity contribution >= 4 is 5.91 Å². The second-order valence-electron chi connectivity index (χ2n) is 4.25. The van der Waals surface area contributed by atoms with Crippen LogP contribution in [0, 0.1) is 0 Å². The average Bonchev–Trinajstić information content (AvgIpc) is 2.77. The summed E-state index contributed by atoms with van der Waals surface area (Å²) in [5, 5.41) is 15.1. The van der Waals surface area contributed by atoms with Crippen LogP contribution in [0.2, 0.25) is 0 Å². The molecule has 0 aromatic carbocycles. The Morgan fingerprint density at radius 1 is 1.65 bits per heavy atom. The van der Waals surface area contributed by atoms with E-state index in [9.17, 15) is 9.90 Å². The summed E-state index contributed by atoms with van der Waals surface area (Å²) in [7, 11) is 0. The number of hydrogen-bond donors (Lipinski definition) is 3. The molecular weight excluding hydrogens is 218 g/mol. The summed E-state index contributed by atoms with van der Waals surface area (Å²) in [6, 6.07) is 3.61. The third-order valence-electron chi connectivity index (χ3n) is 2.86. The highest BCUT2D eigenvalue weighted by atomic mass is 16.3. The molecule has 0 saturated carbocycles. The first kappa shape index (κ1) is 12.0. The molecule has 2 atom stereocenters. The summed E-state index contributed by atoms with van der Waals surface area (Å²) < 4.78 is 0. The Morgan fingerprint density at radius 2 is 2.53 bits per heavy atom. The van der Waals surface area contributed by atoms with Crippen LogP contribution in [0.25, 0.3) is 0 Å². The zero-order valence-electron chi connectivity index (χ0n) is 9.60. The highest BCUT2D eigenvalue weighted by Gasteiger charge is 2.27. The van der Waals surface area contributed by atoms with Crippen molar-refractivity contribution in [2.24, 2.45) is 0 Å². The fourth-order valence-electron chi connectivity index (χ4n) is 1.92. The Bertz CT molecular complexity index is 369. The van der Waals surface area contributed by atoms with Crippen LogP contribution in [0.15, 0.2) is 24.5 Å². The van der Waals surface area contributed by atoms with E-state index in [4.69, 9.17) is 0 Å². The molecule has 3 N–H and O–H groups in total. The van der Waals surface area contributed by atoms with Gasteiger partial charge in [-0.05, 0) is 24.5 Å². The van der Waals surface area contributed by atoms with Gasteiger partial charge in [-0.2, -0.15) is 0 Å². The van der Waals surface area contributed by atoms with Crippen molar-refractivity contribution in [2.75, 3.05) is 13.1 Å². The number of β-amino-alcohol motifs (C(OH)–C–C–N with tert-alkyl or cyclic N) is 1. The molecule has 92 valence electrons. The minimum absolute atomic E-state index is 0.0366. The molecule has 2 unspecified atom stereocenters. The number of hydrogen-bond acceptors (Lipinski definition) is 4. The third kappa shape index (κ3) is 3.51. The molecule has 0 bridgehead atoms. The third-order valence-corrected chi connectivity index (χ3v) is 2.86. The van der Waals surface area contributed by atoms with Gasteiger partial charge >= 0.3 is 0 Å². The number of carbonyl (C=O) groups excluding carboxylic acids is 1. The Balaban J connectivity index is 1.70. The number of nitrogens with one attached hydrogen (secondary N) is 2. The van der Waals surface area contributed by atoms with E-state index in [1.165, 1.54) is 0 Å². The minimum atomic E-state index is -0.399. The van der Waals surface area contributed by atoms with Crippen molar-refractivity contribution in [2.45, 2.75) is 25.0 Å². The van der Waals surface area contributed by atoms with Gasteiger partial charge in [0.25, 0.3) is 0 Å². The lowest BCUT2D eigenvalue weighted by molar-refractivity contribution is -0.122. The van der Waals surface area contributed by atoms with Crippen LogP contribution in [0.5, 0.6) is 0 Å². The summed E-state index contributed by atoms with van der Waals surface area (Å²) in [5.74, 6) is -0.0366. The number of nitrogens with zero attached hydrogens (tertiary/aromatic N) is 1. The maximum Gasteiger partial charge on any atom is 0.237 e. The van der Waals surface area contributed by atoms with E-state index in [-0.39, 0.29) is 11.9 Å². The number of rotatable bonds is 4. The Kier molecular flexibility index (Phi) is 4.06. The number of aliphatic hydroxyl groups is 1. The first-order valence-electron chi connectivity index (χ1n) is 5.84. The molecule has 0 radical (unpaired) electrons.